The first-order valence-corrected chi connectivity index (χ1v) is 4.54. The Kier molecular flexibility index (Phi) is 3.32. The molecule has 1 aromatic carbocycles. The van der Waals surface area contributed by atoms with Crippen LogP contribution in [0.2, 0.25) is 0 Å². The van der Waals surface area contributed by atoms with Gasteiger partial charge in [-0.1, -0.05) is 6.07 Å². The van der Waals surface area contributed by atoms with Gasteiger partial charge in [-0.15, -0.1) is 0 Å². The quantitative estimate of drug-likeness (QED) is 0.770. The van der Waals surface area contributed by atoms with Crippen LogP contribution in [0.25, 0.3) is 0 Å². The van der Waals surface area contributed by atoms with E-state index in [2.05, 4.69) is 19.9 Å². The Morgan fingerprint density at radius 2 is 1.77 bits per heavy atom. The molecule has 0 saturated carbocycles. The first-order chi connectivity index (χ1) is 6.08. The van der Waals surface area contributed by atoms with Crippen molar-refractivity contribution in [2.45, 2.75) is 26.8 Å². The number of hydrogen-bond acceptors (Lipinski definition) is 2. The largest absolute Gasteiger partial charge is 0.492 e. The summed E-state index contributed by atoms with van der Waals surface area (Å²) >= 11 is 0. The molecule has 0 unspecified atom stereocenters. The predicted molar refractivity (Wildman–Crippen MR) is 55.1 cm³/mol. The summed E-state index contributed by atoms with van der Waals surface area (Å²) in [6.07, 6.45) is 0. The zero-order valence-corrected chi connectivity index (χ0v) is 8.50. The molecule has 0 amide bonds. The molecule has 0 fully saturated rings. The maximum atomic E-state index is 5.59. The molecule has 0 saturated heterocycles. The van der Waals surface area contributed by atoms with Crippen molar-refractivity contribution in [2.24, 2.45) is 5.73 Å². The first kappa shape index (κ1) is 10.1. The molecule has 2 N–H and O–H groups in total. The van der Waals surface area contributed by atoms with Gasteiger partial charge in [-0.2, -0.15) is 0 Å². The van der Waals surface area contributed by atoms with Crippen LogP contribution in [0.1, 0.15) is 18.1 Å². The van der Waals surface area contributed by atoms with Gasteiger partial charge in [-0.25, -0.2) is 0 Å². The van der Waals surface area contributed by atoms with Gasteiger partial charge in [0.2, 0.25) is 0 Å². The van der Waals surface area contributed by atoms with Crippen LogP contribution in [-0.2, 0) is 0 Å². The number of benzene rings is 1. The molecule has 0 aliphatic rings. The molecule has 1 atom stereocenters. The number of aryl methyl sites for hydroxylation is 2. The average Bonchev–Trinajstić information content (AvgIpc) is 1.99. The fourth-order valence-corrected chi connectivity index (χ4v) is 1.24. The van der Waals surface area contributed by atoms with Crippen LogP contribution < -0.4 is 10.5 Å². The zero-order chi connectivity index (χ0) is 9.84. The van der Waals surface area contributed by atoms with Crippen molar-refractivity contribution < 1.29 is 4.74 Å². The molecule has 2 nitrogen and oxygen atoms in total. The predicted octanol–water partition coefficient (Wildman–Crippen LogP) is 2.03. The molecule has 0 spiro atoms. The second kappa shape index (κ2) is 4.28. The van der Waals surface area contributed by atoms with Crippen LogP contribution in [-0.4, -0.2) is 12.6 Å². The van der Waals surface area contributed by atoms with Crippen LogP contribution in [0.3, 0.4) is 0 Å². The lowest BCUT2D eigenvalue weighted by Gasteiger charge is -2.09. The maximum Gasteiger partial charge on any atom is 0.119 e. The fourth-order valence-electron chi connectivity index (χ4n) is 1.24. The Balaban J connectivity index is 2.66. The smallest absolute Gasteiger partial charge is 0.119 e. The van der Waals surface area contributed by atoms with Crippen LogP contribution >= 0.6 is 0 Å². The summed E-state index contributed by atoms with van der Waals surface area (Å²) in [5.41, 5.74) is 8.04. The van der Waals surface area contributed by atoms with Gasteiger partial charge in [-0.05, 0) is 44.0 Å². The molecule has 72 valence electrons. The molecule has 1 rings (SSSR count). The summed E-state index contributed by atoms with van der Waals surface area (Å²) in [5.74, 6) is 0.912. The minimum atomic E-state index is 0.0841. The minimum Gasteiger partial charge on any atom is -0.492 e. The molecule has 0 aromatic heterocycles. The highest BCUT2D eigenvalue weighted by molar-refractivity contribution is 5.32. The van der Waals surface area contributed by atoms with Gasteiger partial charge in [0.25, 0.3) is 0 Å². The van der Waals surface area contributed by atoms with Gasteiger partial charge in [0, 0.05) is 6.04 Å². The van der Waals surface area contributed by atoms with E-state index in [-0.39, 0.29) is 6.04 Å². The van der Waals surface area contributed by atoms with E-state index in [9.17, 15) is 0 Å². The van der Waals surface area contributed by atoms with Gasteiger partial charge in [0.15, 0.2) is 0 Å². The number of nitrogens with two attached hydrogens (primary N) is 1. The van der Waals surface area contributed by atoms with E-state index in [0.29, 0.717) is 6.61 Å². The Labute approximate surface area is 79.7 Å². The molecule has 0 aliphatic carbocycles. The van der Waals surface area contributed by atoms with Crippen molar-refractivity contribution in [1.82, 2.24) is 0 Å². The second-order valence-corrected chi connectivity index (χ2v) is 3.61. The van der Waals surface area contributed by atoms with Gasteiger partial charge in [0.05, 0.1) is 0 Å². The maximum absolute atomic E-state index is 5.59. The first-order valence-electron chi connectivity index (χ1n) is 4.54. The third-order valence-corrected chi connectivity index (χ3v) is 1.71. The van der Waals surface area contributed by atoms with E-state index in [1.807, 2.05) is 19.1 Å². The van der Waals surface area contributed by atoms with E-state index < -0.39 is 0 Å². The lowest BCUT2D eigenvalue weighted by Crippen LogP contribution is -2.23. The Morgan fingerprint density at radius 1 is 1.23 bits per heavy atom. The normalized spacial score (nSPS) is 12.6. The van der Waals surface area contributed by atoms with Gasteiger partial charge in [-0.3, -0.25) is 0 Å². The highest BCUT2D eigenvalue weighted by Gasteiger charge is 1.98. The van der Waals surface area contributed by atoms with E-state index in [1.54, 1.807) is 0 Å². The third-order valence-electron chi connectivity index (χ3n) is 1.71. The number of rotatable bonds is 3. The molecule has 0 bridgehead atoms. The number of ether oxygens (including phenoxy) is 1. The van der Waals surface area contributed by atoms with Crippen molar-refractivity contribution in [3.63, 3.8) is 0 Å². The summed E-state index contributed by atoms with van der Waals surface area (Å²) in [6.45, 7) is 6.63. The Bertz CT molecular complexity index is 261. The molecule has 1 aromatic rings. The van der Waals surface area contributed by atoms with Gasteiger partial charge in [0.1, 0.15) is 12.4 Å². The van der Waals surface area contributed by atoms with Gasteiger partial charge >= 0.3 is 0 Å². The molecule has 0 radical (unpaired) electrons. The lowest BCUT2D eigenvalue weighted by atomic mass is 10.1. The van der Waals surface area contributed by atoms with Crippen molar-refractivity contribution in [3.05, 3.63) is 29.3 Å². The topological polar surface area (TPSA) is 35.2 Å². The summed E-state index contributed by atoms with van der Waals surface area (Å²) in [4.78, 5) is 0. The third kappa shape index (κ3) is 3.47. The molecule has 2 heteroatoms. The van der Waals surface area contributed by atoms with Crippen molar-refractivity contribution in [3.8, 4) is 5.75 Å². The van der Waals surface area contributed by atoms with E-state index in [4.69, 9.17) is 10.5 Å². The summed E-state index contributed by atoms with van der Waals surface area (Å²) in [5, 5.41) is 0. The Morgan fingerprint density at radius 3 is 2.23 bits per heavy atom. The standard InChI is InChI=1S/C11H17NO/c1-8-4-9(2)6-11(5-8)13-7-10(3)12/h4-6,10H,7,12H2,1-3H3/t10-/m0/s1. The molecular weight excluding hydrogens is 162 g/mol. The zero-order valence-electron chi connectivity index (χ0n) is 8.50. The fraction of sp³-hybridized carbons (Fsp3) is 0.455. The summed E-state index contributed by atoms with van der Waals surface area (Å²) in [7, 11) is 0. The highest BCUT2D eigenvalue weighted by atomic mass is 16.5. The monoisotopic (exact) mass is 179 g/mol. The minimum absolute atomic E-state index is 0.0841. The van der Waals surface area contributed by atoms with Crippen molar-refractivity contribution in [1.29, 1.82) is 0 Å². The van der Waals surface area contributed by atoms with Crippen molar-refractivity contribution in [2.75, 3.05) is 6.61 Å². The molecule has 0 heterocycles. The van der Waals surface area contributed by atoms with Crippen LogP contribution in [0.15, 0.2) is 18.2 Å². The van der Waals surface area contributed by atoms with E-state index >= 15 is 0 Å². The SMILES string of the molecule is Cc1cc(C)cc(OC[C@H](C)N)c1. The summed E-state index contributed by atoms with van der Waals surface area (Å²) < 4.78 is 5.50. The van der Waals surface area contributed by atoms with E-state index in [0.717, 1.165) is 5.75 Å². The Hall–Kier alpha value is -1.02. The molecular formula is C11H17NO. The van der Waals surface area contributed by atoms with Crippen LogP contribution in [0.5, 0.6) is 5.75 Å². The van der Waals surface area contributed by atoms with Crippen LogP contribution in [0, 0.1) is 13.8 Å². The average molecular weight is 179 g/mol. The van der Waals surface area contributed by atoms with Gasteiger partial charge < -0.3 is 10.5 Å². The lowest BCUT2D eigenvalue weighted by molar-refractivity contribution is 0.296. The summed E-state index contributed by atoms with van der Waals surface area (Å²) in [6, 6.07) is 6.25. The highest BCUT2D eigenvalue weighted by Crippen LogP contribution is 2.15. The molecule has 13 heavy (non-hydrogen) atoms. The molecule has 0 aliphatic heterocycles. The number of hydrogen-bond donors (Lipinski definition) is 1. The van der Waals surface area contributed by atoms with Crippen LogP contribution in [0.4, 0.5) is 0 Å². The van der Waals surface area contributed by atoms with E-state index in [1.165, 1.54) is 11.1 Å². The second-order valence-electron chi connectivity index (χ2n) is 3.61. The van der Waals surface area contributed by atoms with Crippen molar-refractivity contribution >= 4 is 0 Å².